The third-order valence-corrected chi connectivity index (χ3v) is 7.15. The minimum absolute atomic E-state index is 0.160. The number of fused-ring (bicyclic) bond motifs is 2. The molecule has 7 heteroatoms. The molecule has 1 aliphatic rings. The molecule has 1 atom stereocenters. The van der Waals surface area contributed by atoms with Gasteiger partial charge in [0, 0.05) is 17.3 Å². The smallest absolute Gasteiger partial charge is 0.339 e. The fraction of sp³-hybridized carbons (Fsp3) is 0.385. The number of rotatable bonds is 6. The van der Waals surface area contributed by atoms with Gasteiger partial charge in [0.25, 0.3) is 5.91 Å². The Bertz CT molecular complexity index is 1210. The lowest BCUT2D eigenvalue weighted by Gasteiger charge is -2.37. The summed E-state index contributed by atoms with van der Waals surface area (Å²) in [5, 5.41) is 3.56. The molecule has 0 radical (unpaired) electrons. The van der Waals surface area contributed by atoms with Gasteiger partial charge < -0.3 is 10.1 Å². The van der Waals surface area contributed by atoms with E-state index in [0.717, 1.165) is 47.8 Å². The van der Waals surface area contributed by atoms with E-state index in [1.54, 1.807) is 12.1 Å². The predicted octanol–water partition coefficient (Wildman–Crippen LogP) is 5.62. The third kappa shape index (κ3) is 4.86. The first-order valence-corrected chi connectivity index (χ1v) is 11.7. The molecule has 1 aliphatic carbocycles. The number of hydrogen-bond acceptors (Lipinski definition) is 5. The van der Waals surface area contributed by atoms with E-state index in [1.165, 1.54) is 6.20 Å². The normalized spacial score (nSPS) is 15.7. The molecule has 172 valence electrons. The van der Waals surface area contributed by atoms with E-state index in [4.69, 9.17) is 21.3 Å². The number of esters is 1. The quantitative estimate of drug-likeness (QED) is 0.377. The van der Waals surface area contributed by atoms with Crippen LogP contribution in [0.1, 0.15) is 55.2 Å². The van der Waals surface area contributed by atoms with E-state index in [9.17, 15) is 9.59 Å². The van der Waals surface area contributed by atoms with Gasteiger partial charge in [0.1, 0.15) is 0 Å². The Morgan fingerprint density at radius 1 is 1.21 bits per heavy atom. The van der Waals surface area contributed by atoms with Gasteiger partial charge in [-0.25, -0.2) is 9.78 Å². The van der Waals surface area contributed by atoms with Crippen LogP contribution in [-0.4, -0.2) is 28.5 Å². The molecule has 1 unspecified atom stereocenters. The molecule has 1 N–H and O–H groups in total. The Morgan fingerprint density at radius 3 is 2.76 bits per heavy atom. The van der Waals surface area contributed by atoms with Crippen molar-refractivity contribution in [2.45, 2.75) is 46.5 Å². The number of benzene rings is 1. The lowest BCUT2D eigenvalue weighted by atomic mass is 9.68. The molecule has 0 bridgehead atoms. The number of carbonyl (C=O) groups is 2. The van der Waals surface area contributed by atoms with Crippen molar-refractivity contribution in [1.82, 2.24) is 9.97 Å². The molecule has 4 rings (SSSR count). The van der Waals surface area contributed by atoms with Gasteiger partial charge in [-0.2, -0.15) is 0 Å². The van der Waals surface area contributed by atoms with Crippen molar-refractivity contribution in [2.75, 3.05) is 11.9 Å². The summed E-state index contributed by atoms with van der Waals surface area (Å²) >= 11 is 5.99. The van der Waals surface area contributed by atoms with E-state index in [2.05, 4.69) is 31.1 Å². The number of nitrogens with one attached hydrogen (secondary N) is 1. The van der Waals surface area contributed by atoms with Gasteiger partial charge >= 0.3 is 5.97 Å². The second-order valence-electron chi connectivity index (χ2n) is 9.18. The zero-order valence-corrected chi connectivity index (χ0v) is 19.9. The zero-order valence-electron chi connectivity index (χ0n) is 19.2. The highest BCUT2D eigenvalue weighted by molar-refractivity contribution is 6.32. The maximum Gasteiger partial charge on any atom is 0.339 e. The molecule has 0 spiro atoms. The number of nitrogens with zero attached hydrogens (tertiary/aromatic N) is 2. The number of pyridine rings is 2. The van der Waals surface area contributed by atoms with Crippen LogP contribution in [0.15, 0.2) is 42.6 Å². The predicted molar refractivity (Wildman–Crippen MR) is 129 cm³/mol. The van der Waals surface area contributed by atoms with Crippen LogP contribution in [-0.2, 0) is 22.4 Å². The molecule has 3 aromatic rings. The summed E-state index contributed by atoms with van der Waals surface area (Å²) in [7, 11) is 0. The SMILES string of the molecule is CCC(C)(C)C1CCc2nc3ccccc3c(C(=O)OCC(=O)Nc3cccnc3Cl)c2C1. The minimum atomic E-state index is -0.507. The summed E-state index contributed by atoms with van der Waals surface area (Å²) in [6.45, 7) is 6.35. The van der Waals surface area contributed by atoms with Crippen LogP contribution in [0.25, 0.3) is 10.9 Å². The lowest BCUT2D eigenvalue weighted by Crippen LogP contribution is -2.31. The largest absolute Gasteiger partial charge is 0.452 e. The topological polar surface area (TPSA) is 81.2 Å². The van der Waals surface area contributed by atoms with Gasteiger partial charge in [0.2, 0.25) is 0 Å². The molecule has 33 heavy (non-hydrogen) atoms. The zero-order chi connectivity index (χ0) is 23.6. The third-order valence-electron chi connectivity index (χ3n) is 6.85. The number of anilines is 1. The summed E-state index contributed by atoms with van der Waals surface area (Å²) in [5.74, 6) is -0.539. The monoisotopic (exact) mass is 465 g/mol. The standard InChI is InChI=1S/C26H28ClN3O3/c1-4-26(2,3)16-11-12-20-18(14-16)23(17-8-5-6-9-19(17)29-20)25(32)33-15-22(31)30-21-10-7-13-28-24(21)27/h5-10,13,16H,4,11-12,14-15H2,1-3H3,(H,30,31). The second kappa shape index (κ2) is 9.48. The van der Waals surface area contributed by atoms with E-state index in [-0.39, 0.29) is 10.6 Å². The first-order valence-electron chi connectivity index (χ1n) is 11.3. The Hall–Kier alpha value is -2.99. The number of amides is 1. The van der Waals surface area contributed by atoms with Crippen molar-refractivity contribution in [1.29, 1.82) is 0 Å². The van der Waals surface area contributed by atoms with Crippen molar-refractivity contribution >= 4 is 40.1 Å². The number of para-hydroxylation sites is 1. The molecule has 0 aliphatic heterocycles. The Morgan fingerprint density at radius 2 is 2.00 bits per heavy atom. The number of carbonyl (C=O) groups excluding carboxylic acids is 2. The van der Waals surface area contributed by atoms with Crippen molar-refractivity contribution in [3.05, 3.63) is 64.6 Å². The minimum Gasteiger partial charge on any atom is -0.452 e. The Balaban J connectivity index is 1.61. The van der Waals surface area contributed by atoms with Gasteiger partial charge in [0.05, 0.1) is 16.8 Å². The van der Waals surface area contributed by atoms with Crippen LogP contribution in [0.2, 0.25) is 5.15 Å². The van der Waals surface area contributed by atoms with Gasteiger partial charge in [-0.05, 0) is 54.4 Å². The van der Waals surface area contributed by atoms with Crippen LogP contribution in [0, 0.1) is 11.3 Å². The van der Waals surface area contributed by atoms with Crippen LogP contribution < -0.4 is 5.32 Å². The Labute approximate surface area is 198 Å². The molecule has 2 aromatic heterocycles. The molecule has 1 amide bonds. The molecule has 1 aromatic carbocycles. The van der Waals surface area contributed by atoms with Gasteiger partial charge in [-0.15, -0.1) is 0 Å². The van der Waals surface area contributed by atoms with E-state index in [0.29, 0.717) is 17.2 Å². The number of halogens is 1. The lowest BCUT2D eigenvalue weighted by molar-refractivity contribution is -0.119. The van der Waals surface area contributed by atoms with Gasteiger partial charge in [-0.1, -0.05) is 57.0 Å². The average Bonchev–Trinajstić information content (AvgIpc) is 2.82. The summed E-state index contributed by atoms with van der Waals surface area (Å²) < 4.78 is 5.48. The highest BCUT2D eigenvalue weighted by Crippen LogP contribution is 2.41. The highest BCUT2D eigenvalue weighted by Gasteiger charge is 2.34. The maximum absolute atomic E-state index is 13.3. The molecule has 2 heterocycles. The molecule has 0 fully saturated rings. The maximum atomic E-state index is 13.3. The summed E-state index contributed by atoms with van der Waals surface area (Å²) in [6, 6.07) is 10.9. The molecule has 0 saturated carbocycles. The summed E-state index contributed by atoms with van der Waals surface area (Å²) in [5.41, 5.74) is 3.73. The molecule has 6 nitrogen and oxygen atoms in total. The van der Waals surface area contributed by atoms with Crippen molar-refractivity contribution < 1.29 is 14.3 Å². The molecular weight excluding hydrogens is 438 g/mol. The second-order valence-corrected chi connectivity index (χ2v) is 9.54. The first kappa shape index (κ1) is 23.2. The number of hydrogen-bond donors (Lipinski definition) is 1. The number of aromatic nitrogens is 2. The van der Waals surface area contributed by atoms with Crippen LogP contribution in [0.4, 0.5) is 5.69 Å². The van der Waals surface area contributed by atoms with Crippen LogP contribution >= 0.6 is 11.6 Å². The fourth-order valence-corrected chi connectivity index (χ4v) is 4.61. The molecular formula is C26H28ClN3O3. The van der Waals surface area contributed by atoms with Crippen LogP contribution in [0.5, 0.6) is 0 Å². The average molecular weight is 466 g/mol. The van der Waals surface area contributed by atoms with E-state index >= 15 is 0 Å². The first-order chi connectivity index (χ1) is 15.8. The number of aryl methyl sites for hydroxylation is 1. The van der Waals surface area contributed by atoms with Crippen LogP contribution in [0.3, 0.4) is 0 Å². The van der Waals surface area contributed by atoms with Crippen molar-refractivity contribution in [3.8, 4) is 0 Å². The number of ether oxygens (including phenoxy) is 1. The van der Waals surface area contributed by atoms with Gasteiger partial charge in [-0.3, -0.25) is 9.78 Å². The molecule has 0 saturated heterocycles. The highest BCUT2D eigenvalue weighted by atomic mass is 35.5. The van der Waals surface area contributed by atoms with Gasteiger partial charge in [0.15, 0.2) is 11.8 Å². The van der Waals surface area contributed by atoms with E-state index < -0.39 is 18.5 Å². The summed E-state index contributed by atoms with van der Waals surface area (Å²) in [6.07, 6.45) is 5.24. The summed E-state index contributed by atoms with van der Waals surface area (Å²) in [4.78, 5) is 34.5. The van der Waals surface area contributed by atoms with Crippen molar-refractivity contribution in [3.63, 3.8) is 0 Å². The van der Waals surface area contributed by atoms with E-state index in [1.807, 2.05) is 24.3 Å². The van der Waals surface area contributed by atoms with Crippen molar-refractivity contribution in [2.24, 2.45) is 11.3 Å². The Kier molecular flexibility index (Phi) is 6.66. The fourth-order valence-electron chi connectivity index (χ4n) is 4.45.